The van der Waals surface area contributed by atoms with Crippen molar-refractivity contribution in [2.45, 2.75) is 42.8 Å². The molecule has 0 radical (unpaired) electrons. The predicted molar refractivity (Wildman–Crippen MR) is 55.3 cm³/mol. The molecular formula is C10H12F6O3S. The number of hydrogen-bond acceptors (Lipinski definition) is 2. The van der Waals surface area contributed by atoms with Gasteiger partial charge in [0.05, 0.1) is 0 Å². The maximum absolute atomic E-state index is 13.8. The number of alkyl halides is 6. The quantitative estimate of drug-likeness (QED) is 0.638. The topological polar surface area (TPSA) is 54.4 Å². The molecule has 118 valence electrons. The standard InChI is InChI=1S/C10H12F6O3S/c11-8(12,7-4-5-1-2-6(7)3-5)9(13,14)10(15,16)20(17,18)19/h5-7H,1-4H2,(H,17,18,19). The maximum Gasteiger partial charge on any atom is 0.437 e. The third-order valence-electron chi connectivity index (χ3n) is 4.31. The summed E-state index contributed by atoms with van der Waals surface area (Å²) in [4.78, 5) is 0. The molecule has 3 atom stereocenters. The Morgan fingerprint density at radius 3 is 1.85 bits per heavy atom. The molecule has 0 saturated heterocycles. The lowest BCUT2D eigenvalue weighted by molar-refractivity contribution is -0.303. The minimum Gasteiger partial charge on any atom is -0.281 e. The average Bonchev–Trinajstić information content (AvgIpc) is 2.88. The highest BCUT2D eigenvalue weighted by Crippen LogP contribution is 2.60. The van der Waals surface area contributed by atoms with Crippen molar-refractivity contribution in [2.24, 2.45) is 17.8 Å². The Morgan fingerprint density at radius 1 is 0.950 bits per heavy atom. The van der Waals surface area contributed by atoms with Crippen LogP contribution in [0.25, 0.3) is 0 Å². The van der Waals surface area contributed by atoms with Crippen LogP contribution in [0.1, 0.15) is 25.7 Å². The first-order valence-corrected chi connectivity index (χ1v) is 7.37. The molecule has 20 heavy (non-hydrogen) atoms. The van der Waals surface area contributed by atoms with Crippen LogP contribution >= 0.6 is 0 Å². The minimum atomic E-state index is -6.65. The normalized spacial score (nSPS) is 31.9. The molecule has 0 aromatic carbocycles. The zero-order valence-electron chi connectivity index (χ0n) is 10.0. The summed E-state index contributed by atoms with van der Waals surface area (Å²) >= 11 is 0. The summed E-state index contributed by atoms with van der Waals surface area (Å²) in [6, 6.07) is 0. The van der Waals surface area contributed by atoms with E-state index in [1.165, 1.54) is 0 Å². The maximum atomic E-state index is 13.8. The molecule has 2 rings (SSSR count). The van der Waals surface area contributed by atoms with Crippen molar-refractivity contribution in [2.75, 3.05) is 0 Å². The highest BCUT2D eigenvalue weighted by atomic mass is 32.2. The highest BCUT2D eigenvalue weighted by Gasteiger charge is 2.80. The van der Waals surface area contributed by atoms with Gasteiger partial charge in [-0.2, -0.15) is 34.8 Å². The number of fused-ring (bicyclic) bond motifs is 2. The molecule has 0 spiro atoms. The molecular weight excluding hydrogens is 314 g/mol. The van der Waals surface area contributed by atoms with Gasteiger partial charge >= 0.3 is 27.2 Å². The fourth-order valence-electron chi connectivity index (χ4n) is 3.28. The van der Waals surface area contributed by atoms with E-state index in [-0.39, 0.29) is 25.2 Å². The van der Waals surface area contributed by atoms with Crippen molar-refractivity contribution in [1.29, 1.82) is 0 Å². The molecule has 3 unspecified atom stereocenters. The second-order valence-electron chi connectivity index (χ2n) is 5.47. The lowest BCUT2D eigenvalue weighted by Crippen LogP contribution is -2.60. The van der Waals surface area contributed by atoms with Crippen LogP contribution in [-0.2, 0) is 10.1 Å². The van der Waals surface area contributed by atoms with Gasteiger partial charge in [-0.1, -0.05) is 6.42 Å². The summed E-state index contributed by atoms with van der Waals surface area (Å²) < 4.78 is 109. The summed E-state index contributed by atoms with van der Waals surface area (Å²) in [6.07, 6.45) is 0.735. The number of halogens is 6. The Balaban J connectivity index is 2.37. The van der Waals surface area contributed by atoms with Crippen LogP contribution in [0.3, 0.4) is 0 Å². The van der Waals surface area contributed by atoms with Gasteiger partial charge in [0.1, 0.15) is 0 Å². The molecule has 2 aliphatic carbocycles. The smallest absolute Gasteiger partial charge is 0.281 e. The van der Waals surface area contributed by atoms with Gasteiger partial charge in [0.25, 0.3) is 0 Å². The van der Waals surface area contributed by atoms with Gasteiger partial charge in [0, 0.05) is 5.92 Å². The summed E-state index contributed by atoms with van der Waals surface area (Å²) in [6.45, 7) is 0. The van der Waals surface area contributed by atoms with Crippen LogP contribution in [0.4, 0.5) is 26.3 Å². The first-order valence-electron chi connectivity index (χ1n) is 5.93. The Labute approximate surface area is 111 Å². The van der Waals surface area contributed by atoms with Gasteiger partial charge in [-0.15, -0.1) is 0 Å². The van der Waals surface area contributed by atoms with Gasteiger partial charge in [0.2, 0.25) is 0 Å². The highest BCUT2D eigenvalue weighted by molar-refractivity contribution is 7.87. The van der Waals surface area contributed by atoms with Crippen molar-refractivity contribution >= 4 is 10.1 Å². The van der Waals surface area contributed by atoms with Crippen molar-refractivity contribution in [3.63, 3.8) is 0 Å². The Hall–Kier alpha value is -0.510. The van der Waals surface area contributed by atoms with E-state index in [1.54, 1.807) is 0 Å². The molecule has 0 heterocycles. The van der Waals surface area contributed by atoms with Crippen LogP contribution in [0, 0.1) is 17.8 Å². The van der Waals surface area contributed by atoms with Crippen LogP contribution in [0.15, 0.2) is 0 Å². The zero-order valence-corrected chi connectivity index (χ0v) is 10.8. The van der Waals surface area contributed by atoms with E-state index in [0.717, 1.165) is 0 Å². The molecule has 10 heteroatoms. The molecule has 2 aliphatic rings. The zero-order chi connectivity index (χ0) is 15.6. The van der Waals surface area contributed by atoms with E-state index in [1.807, 2.05) is 0 Å². The summed E-state index contributed by atoms with van der Waals surface area (Å²) in [5.74, 6) is -14.4. The average molecular weight is 326 g/mol. The molecule has 0 amide bonds. The molecule has 0 aromatic rings. The van der Waals surface area contributed by atoms with Gasteiger partial charge < -0.3 is 0 Å². The SMILES string of the molecule is O=S(=O)(O)C(F)(F)C(F)(F)C(F)(F)C1CC2CCC1C2. The van der Waals surface area contributed by atoms with Crippen molar-refractivity contribution < 1.29 is 39.3 Å². The van der Waals surface area contributed by atoms with Gasteiger partial charge in [0.15, 0.2) is 0 Å². The van der Waals surface area contributed by atoms with Crippen molar-refractivity contribution in [1.82, 2.24) is 0 Å². The molecule has 3 nitrogen and oxygen atoms in total. The monoisotopic (exact) mass is 326 g/mol. The molecule has 2 fully saturated rings. The third kappa shape index (κ3) is 1.94. The van der Waals surface area contributed by atoms with Gasteiger partial charge in [-0.3, -0.25) is 4.55 Å². The number of hydrogen-bond donors (Lipinski definition) is 1. The Kier molecular flexibility index (Phi) is 3.37. The van der Waals surface area contributed by atoms with E-state index in [4.69, 9.17) is 4.55 Å². The second-order valence-corrected chi connectivity index (χ2v) is 6.93. The van der Waals surface area contributed by atoms with Gasteiger partial charge in [-0.25, -0.2) is 0 Å². The Bertz CT molecular complexity index is 503. The van der Waals surface area contributed by atoms with Crippen molar-refractivity contribution in [3.8, 4) is 0 Å². The fourth-order valence-corrected chi connectivity index (χ4v) is 3.74. The van der Waals surface area contributed by atoms with Crippen LogP contribution in [0.2, 0.25) is 0 Å². The molecule has 0 aliphatic heterocycles. The lowest BCUT2D eigenvalue weighted by atomic mass is 9.81. The molecule has 2 saturated carbocycles. The van der Waals surface area contributed by atoms with E-state index in [9.17, 15) is 34.8 Å². The first-order chi connectivity index (χ1) is 8.82. The van der Waals surface area contributed by atoms with E-state index in [0.29, 0.717) is 6.42 Å². The molecule has 2 bridgehead atoms. The van der Waals surface area contributed by atoms with Crippen LogP contribution in [0.5, 0.6) is 0 Å². The van der Waals surface area contributed by atoms with Crippen molar-refractivity contribution in [3.05, 3.63) is 0 Å². The Morgan fingerprint density at radius 2 is 1.50 bits per heavy atom. The summed E-state index contributed by atoms with van der Waals surface area (Å²) in [7, 11) is -6.65. The van der Waals surface area contributed by atoms with E-state index in [2.05, 4.69) is 0 Å². The van der Waals surface area contributed by atoms with E-state index >= 15 is 0 Å². The third-order valence-corrected chi connectivity index (χ3v) is 5.22. The predicted octanol–water partition coefficient (Wildman–Crippen LogP) is 3.17. The van der Waals surface area contributed by atoms with Crippen LogP contribution in [-0.4, -0.2) is 30.1 Å². The summed E-state index contributed by atoms with van der Waals surface area (Å²) in [5.41, 5.74) is 0. The number of rotatable bonds is 4. The molecule has 1 N–H and O–H groups in total. The van der Waals surface area contributed by atoms with Gasteiger partial charge in [-0.05, 0) is 31.1 Å². The lowest BCUT2D eigenvalue weighted by Gasteiger charge is -2.37. The minimum absolute atomic E-state index is 0.217. The summed E-state index contributed by atoms with van der Waals surface area (Å²) in [5, 5.41) is -6.23. The second kappa shape index (κ2) is 4.25. The molecule has 0 aromatic heterocycles. The fraction of sp³-hybridized carbons (Fsp3) is 1.00. The van der Waals surface area contributed by atoms with Crippen LogP contribution < -0.4 is 0 Å². The largest absolute Gasteiger partial charge is 0.437 e. The first kappa shape index (κ1) is 15.9. The van der Waals surface area contributed by atoms with E-state index < -0.39 is 39.1 Å².